The van der Waals surface area contributed by atoms with Crippen LogP contribution in [-0.2, 0) is 16.0 Å². The third kappa shape index (κ3) is 14.9. The van der Waals surface area contributed by atoms with Gasteiger partial charge in [-0.25, -0.2) is 0 Å². The van der Waals surface area contributed by atoms with Crippen LogP contribution in [0.4, 0.5) is 0 Å². The summed E-state index contributed by atoms with van der Waals surface area (Å²) in [5.74, 6) is -0.521. The minimum Gasteiger partial charge on any atom is -0.504 e. The maximum atomic E-state index is 11.8. The Hall–Kier alpha value is -3.01. The van der Waals surface area contributed by atoms with Gasteiger partial charge in [-0.2, -0.15) is 0 Å². The molecule has 0 saturated carbocycles. The zero-order valence-electron chi connectivity index (χ0n) is 19.3. The van der Waals surface area contributed by atoms with E-state index in [9.17, 15) is 15.0 Å². The lowest BCUT2D eigenvalue weighted by atomic mass is 10.1. The van der Waals surface area contributed by atoms with Gasteiger partial charge in [-0.1, -0.05) is 73.8 Å². The third-order valence-electron chi connectivity index (χ3n) is 4.60. The molecule has 32 heavy (non-hydrogen) atoms. The van der Waals surface area contributed by atoms with Gasteiger partial charge in [0.25, 0.3) is 0 Å². The number of hydrogen-bond acceptors (Lipinski definition) is 4. The zero-order chi connectivity index (χ0) is 23.3. The molecule has 174 valence electrons. The fourth-order valence-electron chi connectivity index (χ4n) is 2.81. The molecule has 0 aliphatic rings. The standard InChI is InChI=1S/C28H38O4/c1-2-3-4-5-6-7-8-9-10-11-12-13-14-15-16-17-18-19-28(31)32-23-22-25-20-21-26(29)27(30)24-25/h3-4,6-7,9-10,12-13,15-16,20-21,24,29-30H,2,5,8,11,14,17-19,22-23H2,1H3. The molecule has 0 radical (unpaired) electrons. The average Bonchev–Trinajstić information content (AvgIpc) is 2.78. The summed E-state index contributed by atoms with van der Waals surface area (Å²) < 4.78 is 5.21. The molecule has 4 heteroatoms. The number of esters is 1. The first-order valence-electron chi connectivity index (χ1n) is 11.5. The maximum absolute atomic E-state index is 11.8. The van der Waals surface area contributed by atoms with Crippen LogP contribution >= 0.6 is 0 Å². The van der Waals surface area contributed by atoms with Gasteiger partial charge in [0.05, 0.1) is 6.61 Å². The van der Waals surface area contributed by atoms with E-state index < -0.39 is 0 Å². The molecule has 0 heterocycles. The van der Waals surface area contributed by atoms with Crippen molar-refractivity contribution in [2.24, 2.45) is 0 Å². The maximum Gasteiger partial charge on any atom is 0.305 e. The largest absolute Gasteiger partial charge is 0.504 e. The van der Waals surface area contributed by atoms with Crippen LogP contribution in [0.3, 0.4) is 0 Å². The molecular formula is C28H38O4. The van der Waals surface area contributed by atoms with Crippen molar-refractivity contribution < 1.29 is 19.7 Å². The molecule has 0 unspecified atom stereocenters. The van der Waals surface area contributed by atoms with Crippen molar-refractivity contribution in [2.45, 2.75) is 64.7 Å². The summed E-state index contributed by atoms with van der Waals surface area (Å²) in [6.45, 7) is 2.41. The van der Waals surface area contributed by atoms with Crippen LogP contribution in [0.25, 0.3) is 0 Å². The Morgan fingerprint density at radius 2 is 1.38 bits per heavy atom. The van der Waals surface area contributed by atoms with E-state index in [0.29, 0.717) is 12.8 Å². The number of hydrogen-bond donors (Lipinski definition) is 2. The first-order valence-corrected chi connectivity index (χ1v) is 11.5. The van der Waals surface area contributed by atoms with Gasteiger partial charge in [-0.05, 0) is 62.6 Å². The number of carbonyl (C=O) groups is 1. The molecule has 4 nitrogen and oxygen atoms in total. The van der Waals surface area contributed by atoms with Crippen molar-refractivity contribution in [3.05, 3.63) is 84.5 Å². The average molecular weight is 439 g/mol. The molecule has 0 fully saturated rings. The zero-order valence-corrected chi connectivity index (χ0v) is 19.3. The van der Waals surface area contributed by atoms with Crippen molar-refractivity contribution in [3.8, 4) is 11.5 Å². The van der Waals surface area contributed by atoms with Crippen molar-refractivity contribution in [3.63, 3.8) is 0 Å². The van der Waals surface area contributed by atoms with Crippen LogP contribution in [0.2, 0.25) is 0 Å². The van der Waals surface area contributed by atoms with Crippen LogP contribution in [0.15, 0.2) is 79.0 Å². The van der Waals surface area contributed by atoms with Crippen LogP contribution in [0.5, 0.6) is 11.5 Å². The third-order valence-corrected chi connectivity index (χ3v) is 4.60. The van der Waals surface area contributed by atoms with Crippen molar-refractivity contribution in [1.82, 2.24) is 0 Å². The van der Waals surface area contributed by atoms with Crippen LogP contribution < -0.4 is 0 Å². The summed E-state index contributed by atoms with van der Waals surface area (Å²) in [5.41, 5.74) is 0.812. The van der Waals surface area contributed by atoms with Crippen molar-refractivity contribution in [2.75, 3.05) is 6.61 Å². The molecule has 0 bridgehead atoms. The van der Waals surface area contributed by atoms with E-state index in [1.807, 2.05) is 0 Å². The first kappa shape index (κ1) is 27.0. The Morgan fingerprint density at radius 3 is 1.94 bits per heavy atom. The Balaban J connectivity index is 1.99. The quantitative estimate of drug-likeness (QED) is 0.125. The highest BCUT2D eigenvalue weighted by molar-refractivity contribution is 5.69. The summed E-state index contributed by atoms with van der Waals surface area (Å²) in [6.07, 6.45) is 29.2. The van der Waals surface area contributed by atoms with Gasteiger partial charge in [-0.15, -0.1) is 0 Å². The minimum absolute atomic E-state index is 0.152. The smallest absolute Gasteiger partial charge is 0.305 e. The van der Waals surface area contributed by atoms with Gasteiger partial charge in [0, 0.05) is 12.8 Å². The predicted molar refractivity (Wildman–Crippen MR) is 133 cm³/mol. The lowest BCUT2D eigenvalue weighted by molar-refractivity contribution is -0.143. The molecule has 1 aromatic carbocycles. The molecule has 0 aliphatic heterocycles. The number of allylic oxidation sites excluding steroid dienone is 10. The molecule has 1 rings (SSSR count). The van der Waals surface area contributed by atoms with Crippen LogP contribution in [0.1, 0.15) is 63.9 Å². The number of phenols is 2. The molecule has 0 aliphatic carbocycles. The second-order valence-corrected chi connectivity index (χ2v) is 7.39. The second kappa shape index (κ2) is 18.7. The summed E-state index contributed by atoms with van der Waals surface area (Å²) in [7, 11) is 0. The SMILES string of the molecule is CCC=CCC=CCC=CCC=CCC=CCCCC(=O)OCCc1ccc(O)c(O)c1. The first-order chi connectivity index (χ1) is 15.6. The molecule has 0 atom stereocenters. The van der Waals surface area contributed by atoms with Gasteiger partial charge in [0.15, 0.2) is 11.5 Å². The van der Waals surface area contributed by atoms with E-state index in [0.717, 1.165) is 50.5 Å². The topological polar surface area (TPSA) is 66.8 Å². The Bertz CT molecular complexity index is 785. The molecule has 2 N–H and O–H groups in total. The summed E-state index contributed by atoms with van der Waals surface area (Å²) in [6, 6.07) is 4.60. The van der Waals surface area contributed by atoms with Gasteiger partial charge in [0.1, 0.15) is 0 Å². The summed E-state index contributed by atoms with van der Waals surface area (Å²) in [4.78, 5) is 11.8. The lowest BCUT2D eigenvalue weighted by Gasteiger charge is -2.05. The second-order valence-electron chi connectivity index (χ2n) is 7.39. The Morgan fingerprint density at radius 1 is 0.812 bits per heavy atom. The number of ether oxygens (including phenoxy) is 1. The highest BCUT2D eigenvalue weighted by Crippen LogP contribution is 2.24. The Labute approximate surface area is 193 Å². The number of unbranched alkanes of at least 4 members (excludes halogenated alkanes) is 1. The monoisotopic (exact) mass is 438 g/mol. The van der Waals surface area contributed by atoms with Crippen LogP contribution in [0, 0.1) is 0 Å². The van der Waals surface area contributed by atoms with E-state index in [2.05, 4.69) is 67.7 Å². The highest BCUT2D eigenvalue weighted by Gasteiger charge is 2.04. The fourth-order valence-corrected chi connectivity index (χ4v) is 2.81. The molecule has 0 spiro atoms. The van der Waals surface area contributed by atoms with E-state index >= 15 is 0 Å². The molecule has 0 amide bonds. The molecule has 0 aromatic heterocycles. The number of carbonyl (C=O) groups excluding carboxylic acids is 1. The molecule has 0 saturated heterocycles. The van der Waals surface area contributed by atoms with E-state index in [1.54, 1.807) is 6.07 Å². The lowest BCUT2D eigenvalue weighted by Crippen LogP contribution is -2.07. The minimum atomic E-state index is -0.208. The summed E-state index contributed by atoms with van der Waals surface area (Å²) in [5, 5.41) is 18.7. The van der Waals surface area contributed by atoms with E-state index in [-0.39, 0.29) is 24.1 Å². The predicted octanol–water partition coefficient (Wildman–Crippen LogP) is 7.11. The van der Waals surface area contributed by atoms with Crippen LogP contribution in [-0.4, -0.2) is 22.8 Å². The van der Waals surface area contributed by atoms with Crippen molar-refractivity contribution in [1.29, 1.82) is 0 Å². The van der Waals surface area contributed by atoms with Gasteiger partial charge < -0.3 is 14.9 Å². The van der Waals surface area contributed by atoms with Gasteiger partial charge in [-0.3, -0.25) is 4.79 Å². The Kier molecular flexibility index (Phi) is 15.8. The normalized spacial score (nSPS) is 12.3. The molecular weight excluding hydrogens is 400 g/mol. The molecule has 1 aromatic rings. The number of benzene rings is 1. The fraction of sp³-hybridized carbons (Fsp3) is 0.393. The van der Waals surface area contributed by atoms with E-state index in [4.69, 9.17) is 4.74 Å². The summed E-state index contributed by atoms with van der Waals surface area (Å²) >= 11 is 0. The highest BCUT2D eigenvalue weighted by atomic mass is 16.5. The number of phenolic OH excluding ortho intramolecular Hbond substituents is 2. The van der Waals surface area contributed by atoms with Gasteiger partial charge in [0.2, 0.25) is 0 Å². The van der Waals surface area contributed by atoms with Gasteiger partial charge >= 0.3 is 5.97 Å². The van der Waals surface area contributed by atoms with Crippen molar-refractivity contribution >= 4 is 5.97 Å². The number of rotatable bonds is 16. The van der Waals surface area contributed by atoms with E-state index in [1.165, 1.54) is 12.1 Å². The number of aromatic hydroxyl groups is 2.